The summed E-state index contributed by atoms with van der Waals surface area (Å²) in [4.78, 5) is 17.7. The smallest absolute Gasteiger partial charge is 0.409 e. The largest absolute Gasteiger partial charge is 0.497 e. The number of carbonyl (C=O) groups is 1. The minimum Gasteiger partial charge on any atom is -0.497 e. The van der Waals surface area contributed by atoms with Crippen LogP contribution in [0.2, 0.25) is 0 Å². The summed E-state index contributed by atoms with van der Waals surface area (Å²) in [6.07, 6.45) is 0.344. The minimum atomic E-state index is -0.879. The van der Waals surface area contributed by atoms with E-state index >= 15 is 0 Å². The molecule has 1 atom stereocenters. The lowest BCUT2D eigenvalue weighted by Gasteiger charge is -2.31. The highest BCUT2D eigenvalue weighted by Crippen LogP contribution is 2.29. The van der Waals surface area contributed by atoms with E-state index in [0.717, 1.165) is 12.8 Å². The maximum Gasteiger partial charge on any atom is 0.409 e. The summed E-state index contributed by atoms with van der Waals surface area (Å²) in [6, 6.07) is 5.34. The zero-order chi connectivity index (χ0) is 20.5. The van der Waals surface area contributed by atoms with Crippen molar-refractivity contribution >= 4 is 36.0 Å². The zero-order valence-electron chi connectivity index (χ0n) is 17.1. The van der Waals surface area contributed by atoms with E-state index in [1.165, 1.54) is 0 Å². The predicted octanol–water partition coefficient (Wildman–Crippen LogP) is 1.88. The van der Waals surface area contributed by atoms with Gasteiger partial charge >= 0.3 is 6.09 Å². The molecule has 0 radical (unpaired) electrons. The highest BCUT2D eigenvalue weighted by Gasteiger charge is 2.23. The van der Waals surface area contributed by atoms with Crippen LogP contribution < -0.4 is 20.5 Å². The van der Waals surface area contributed by atoms with Crippen LogP contribution in [0.15, 0.2) is 23.2 Å². The van der Waals surface area contributed by atoms with Crippen LogP contribution >= 0.6 is 24.0 Å². The fourth-order valence-corrected chi connectivity index (χ4v) is 3.06. The molecule has 1 fully saturated rings. The number of aliphatic imine (C=N–C) groups is 1. The predicted molar refractivity (Wildman–Crippen MR) is 121 cm³/mol. The van der Waals surface area contributed by atoms with Gasteiger partial charge in [0.25, 0.3) is 0 Å². The summed E-state index contributed by atoms with van der Waals surface area (Å²) < 4.78 is 15.5. The van der Waals surface area contributed by atoms with Gasteiger partial charge in [0.15, 0.2) is 5.96 Å². The summed E-state index contributed by atoms with van der Waals surface area (Å²) >= 11 is 0. The Morgan fingerprint density at radius 3 is 2.62 bits per heavy atom. The number of guanidine groups is 1. The molecule has 10 heteroatoms. The molecule has 0 bridgehead atoms. The summed E-state index contributed by atoms with van der Waals surface area (Å²) in [5.41, 5.74) is 6.55. The molecule has 1 aliphatic rings. The molecular weight excluding hydrogens is 491 g/mol. The van der Waals surface area contributed by atoms with Crippen LogP contribution in [0.5, 0.6) is 11.5 Å². The maximum atomic E-state index is 11.7. The van der Waals surface area contributed by atoms with E-state index in [1.807, 2.05) is 0 Å². The van der Waals surface area contributed by atoms with E-state index in [-0.39, 0.29) is 48.6 Å². The molecule has 1 aromatic carbocycles. The lowest BCUT2D eigenvalue weighted by Crippen LogP contribution is -2.48. The van der Waals surface area contributed by atoms with Crippen molar-refractivity contribution in [3.05, 3.63) is 23.8 Å². The SMILES string of the molecule is CCOC(=O)N1CCC(NC(N)=NCC(O)c2cc(OC)ccc2OC)CC1.I. The molecule has 0 aromatic heterocycles. The quantitative estimate of drug-likeness (QED) is 0.284. The van der Waals surface area contributed by atoms with Gasteiger partial charge in [0.05, 0.1) is 27.4 Å². The normalized spacial score (nSPS) is 15.9. The topological polar surface area (TPSA) is 119 Å². The number of nitrogens with two attached hydrogens (primary N) is 1. The molecule has 0 spiro atoms. The molecule has 0 saturated carbocycles. The molecule has 1 aromatic rings. The third-order valence-electron chi connectivity index (χ3n) is 4.60. The first-order valence-corrected chi connectivity index (χ1v) is 9.36. The minimum absolute atomic E-state index is 0. The molecule has 1 aliphatic heterocycles. The molecule has 9 nitrogen and oxygen atoms in total. The number of aliphatic hydroxyl groups is 1. The Balaban J connectivity index is 0.00000420. The van der Waals surface area contributed by atoms with Crippen molar-refractivity contribution in [1.82, 2.24) is 10.2 Å². The van der Waals surface area contributed by atoms with Crippen molar-refractivity contribution in [3.63, 3.8) is 0 Å². The van der Waals surface area contributed by atoms with Crippen LogP contribution in [-0.4, -0.2) is 68.6 Å². The summed E-state index contributed by atoms with van der Waals surface area (Å²) in [5, 5.41) is 13.6. The summed E-state index contributed by atoms with van der Waals surface area (Å²) in [5.74, 6) is 1.44. The van der Waals surface area contributed by atoms with Gasteiger partial charge in [-0.05, 0) is 38.0 Å². The van der Waals surface area contributed by atoms with Crippen molar-refractivity contribution in [2.75, 3.05) is 40.5 Å². The van der Waals surface area contributed by atoms with E-state index in [1.54, 1.807) is 44.2 Å². The first-order valence-electron chi connectivity index (χ1n) is 9.36. The number of hydrogen-bond donors (Lipinski definition) is 3. The Hall–Kier alpha value is -1.95. The number of piperidine rings is 1. The number of aliphatic hydroxyl groups excluding tert-OH is 1. The third-order valence-corrected chi connectivity index (χ3v) is 4.60. The number of benzene rings is 1. The average Bonchev–Trinajstić information content (AvgIpc) is 2.72. The van der Waals surface area contributed by atoms with E-state index in [0.29, 0.717) is 36.8 Å². The van der Waals surface area contributed by atoms with Gasteiger partial charge in [-0.15, -0.1) is 24.0 Å². The Kier molecular flexibility index (Phi) is 10.9. The number of nitrogens with zero attached hydrogens (tertiary/aromatic N) is 2. The highest BCUT2D eigenvalue weighted by molar-refractivity contribution is 14.0. The lowest BCUT2D eigenvalue weighted by molar-refractivity contribution is 0.0963. The van der Waals surface area contributed by atoms with Gasteiger partial charge in [0.2, 0.25) is 0 Å². The van der Waals surface area contributed by atoms with Gasteiger partial charge in [-0.2, -0.15) is 0 Å². The number of nitrogens with one attached hydrogen (secondary N) is 1. The van der Waals surface area contributed by atoms with E-state index in [4.69, 9.17) is 19.9 Å². The Labute approximate surface area is 188 Å². The summed E-state index contributed by atoms with van der Waals surface area (Å²) in [7, 11) is 3.10. The van der Waals surface area contributed by atoms with Gasteiger partial charge in [-0.1, -0.05) is 0 Å². The van der Waals surface area contributed by atoms with Crippen molar-refractivity contribution in [2.24, 2.45) is 10.7 Å². The molecule has 2 rings (SSSR count). The maximum absolute atomic E-state index is 11.7. The van der Waals surface area contributed by atoms with Gasteiger partial charge < -0.3 is 35.3 Å². The number of ether oxygens (including phenoxy) is 3. The number of halogens is 1. The first-order chi connectivity index (χ1) is 13.5. The zero-order valence-corrected chi connectivity index (χ0v) is 19.4. The molecule has 29 heavy (non-hydrogen) atoms. The van der Waals surface area contributed by atoms with Gasteiger partial charge in [-0.3, -0.25) is 4.99 Å². The monoisotopic (exact) mass is 522 g/mol. The highest BCUT2D eigenvalue weighted by atomic mass is 127. The van der Waals surface area contributed by atoms with Crippen LogP contribution in [0.3, 0.4) is 0 Å². The van der Waals surface area contributed by atoms with Gasteiger partial charge in [-0.25, -0.2) is 4.79 Å². The molecule has 164 valence electrons. The Morgan fingerprint density at radius 1 is 1.34 bits per heavy atom. The lowest BCUT2D eigenvalue weighted by atomic mass is 10.1. The molecule has 1 saturated heterocycles. The first kappa shape index (κ1) is 25.1. The van der Waals surface area contributed by atoms with Crippen LogP contribution in [0.25, 0.3) is 0 Å². The number of likely N-dealkylation sites (tertiary alicyclic amines) is 1. The van der Waals surface area contributed by atoms with Crippen molar-refractivity contribution < 1.29 is 24.1 Å². The van der Waals surface area contributed by atoms with Crippen LogP contribution in [0, 0.1) is 0 Å². The second-order valence-electron chi connectivity index (χ2n) is 6.45. The third kappa shape index (κ3) is 7.42. The summed E-state index contributed by atoms with van der Waals surface area (Å²) in [6.45, 7) is 3.46. The van der Waals surface area contributed by atoms with E-state index in [9.17, 15) is 9.90 Å². The fourth-order valence-electron chi connectivity index (χ4n) is 3.06. The molecule has 0 aliphatic carbocycles. The number of methoxy groups -OCH3 is 2. The van der Waals surface area contributed by atoms with Crippen LogP contribution in [0.1, 0.15) is 31.4 Å². The second-order valence-corrected chi connectivity index (χ2v) is 6.45. The average molecular weight is 522 g/mol. The van der Waals surface area contributed by atoms with E-state index in [2.05, 4.69) is 10.3 Å². The second kappa shape index (κ2) is 12.6. The number of hydrogen-bond acceptors (Lipinski definition) is 6. The van der Waals surface area contributed by atoms with Crippen molar-refractivity contribution in [3.8, 4) is 11.5 Å². The molecule has 4 N–H and O–H groups in total. The van der Waals surface area contributed by atoms with E-state index < -0.39 is 6.10 Å². The Morgan fingerprint density at radius 2 is 2.03 bits per heavy atom. The number of rotatable bonds is 7. The van der Waals surface area contributed by atoms with Crippen molar-refractivity contribution in [2.45, 2.75) is 31.9 Å². The number of carbonyl (C=O) groups excluding carboxylic acids is 1. The molecule has 1 unspecified atom stereocenters. The van der Waals surface area contributed by atoms with Gasteiger partial charge in [0, 0.05) is 24.7 Å². The van der Waals surface area contributed by atoms with Crippen LogP contribution in [0.4, 0.5) is 4.79 Å². The molecule has 1 amide bonds. The number of amides is 1. The molecule has 1 heterocycles. The fraction of sp³-hybridized carbons (Fsp3) is 0.579. The van der Waals surface area contributed by atoms with Gasteiger partial charge in [0.1, 0.15) is 17.6 Å². The standard InChI is InChI=1S/C19H30N4O5.HI/c1-4-28-19(25)23-9-7-13(8-10-23)22-18(20)21-12-16(24)15-11-14(26-2)5-6-17(15)27-3;/h5-6,11,13,16,24H,4,7-10,12H2,1-3H3,(H3,20,21,22);1H. The molecular formula is C19H31IN4O5. The Bertz CT molecular complexity index is 681. The van der Waals surface area contributed by atoms with Crippen molar-refractivity contribution in [1.29, 1.82) is 0 Å². The van der Waals surface area contributed by atoms with Crippen LogP contribution in [-0.2, 0) is 4.74 Å².